The lowest BCUT2D eigenvalue weighted by Gasteiger charge is -2.28. The molecular formula is C30H41N5O2. The molecule has 4 rings (SSSR count). The number of imidazole rings is 1. The van der Waals surface area contributed by atoms with Crippen molar-refractivity contribution in [1.29, 1.82) is 0 Å². The van der Waals surface area contributed by atoms with Crippen LogP contribution in [-0.4, -0.2) is 64.4 Å². The largest absolute Gasteiger partial charge is 0.337 e. The molecule has 37 heavy (non-hydrogen) atoms. The molecule has 1 aliphatic heterocycles. The van der Waals surface area contributed by atoms with Crippen LogP contribution in [0.4, 0.5) is 5.69 Å². The van der Waals surface area contributed by atoms with Gasteiger partial charge in [0.2, 0.25) is 11.8 Å². The highest BCUT2D eigenvalue weighted by atomic mass is 16.2. The first-order valence-corrected chi connectivity index (χ1v) is 13.7. The smallest absolute Gasteiger partial charge is 0.227 e. The number of fused-ring (bicyclic) bond motifs is 2. The van der Waals surface area contributed by atoms with E-state index in [-0.39, 0.29) is 11.8 Å². The average Bonchev–Trinajstić information content (AvgIpc) is 3.23. The summed E-state index contributed by atoms with van der Waals surface area (Å²) in [5.41, 5.74) is 4.05. The highest BCUT2D eigenvalue weighted by Gasteiger charge is 2.24. The normalized spacial score (nSPS) is 15.6. The highest BCUT2D eigenvalue weighted by Crippen LogP contribution is 2.25. The molecule has 0 aliphatic carbocycles. The van der Waals surface area contributed by atoms with Crippen molar-refractivity contribution in [1.82, 2.24) is 19.4 Å². The third-order valence-electron chi connectivity index (χ3n) is 7.17. The number of hydrogen-bond donors (Lipinski definition) is 0. The molecule has 0 radical (unpaired) electrons. The van der Waals surface area contributed by atoms with E-state index in [1.165, 1.54) is 0 Å². The fourth-order valence-corrected chi connectivity index (χ4v) is 5.19. The summed E-state index contributed by atoms with van der Waals surface area (Å²) >= 11 is 0. The molecule has 2 aromatic carbocycles. The van der Waals surface area contributed by atoms with Gasteiger partial charge in [-0.1, -0.05) is 44.2 Å². The van der Waals surface area contributed by atoms with Crippen LogP contribution in [0, 0.1) is 5.92 Å². The summed E-state index contributed by atoms with van der Waals surface area (Å²) in [5, 5.41) is 0. The van der Waals surface area contributed by atoms with E-state index in [9.17, 15) is 9.59 Å². The molecule has 2 amide bonds. The number of aryl methyl sites for hydroxylation is 2. The fraction of sp³-hybridized carbons (Fsp3) is 0.500. The topological polar surface area (TPSA) is 61.7 Å². The molecule has 0 spiro atoms. The van der Waals surface area contributed by atoms with Crippen LogP contribution in [0.25, 0.3) is 11.0 Å². The van der Waals surface area contributed by atoms with Crippen LogP contribution in [0.5, 0.6) is 0 Å². The molecule has 1 aliphatic rings. The Balaban J connectivity index is 1.56. The third kappa shape index (κ3) is 6.58. The molecule has 2 heterocycles. The van der Waals surface area contributed by atoms with Crippen molar-refractivity contribution in [3.63, 3.8) is 0 Å². The Morgan fingerprint density at radius 1 is 0.946 bits per heavy atom. The molecule has 0 fully saturated rings. The molecule has 0 bridgehead atoms. The van der Waals surface area contributed by atoms with Gasteiger partial charge in [0.25, 0.3) is 0 Å². The molecule has 3 aromatic rings. The summed E-state index contributed by atoms with van der Waals surface area (Å²) in [7, 11) is 2.09. The number of benzene rings is 2. The Morgan fingerprint density at radius 3 is 2.49 bits per heavy atom. The van der Waals surface area contributed by atoms with E-state index in [0.29, 0.717) is 44.8 Å². The maximum atomic E-state index is 13.6. The van der Waals surface area contributed by atoms with Gasteiger partial charge in [0.1, 0.15) is 5.82 Å². The zero-order chi connectivity index (χ0) is 26.4. The summed E-state index contributed by atoms with van der Waals surface area (Å²) < 4.78 is 2.21. The van der Waals surface area contributed by atoms with E-state index in [4.69, 9.17) is 4.98 Å². The minimum absolute atomic E-state index is 0.122. The molecule has 0 unspecified atom stereocenters. The van der Waals surface area contributed by atoms with E-state index in [2.05, 4.69) is 49.4 Å². The first kappa shape index (κ1) is 26.9. The summed E-state index contributed by atoms with van der Waals surface area (Å²) in [4.78, 5) is 37.8. The van der Waals surface area contributed by atoms with Crippen molar-refractivity contribution in [2.45, 2.75) is 59.5 Å². The number of aromatic nitrogens is 2. The first-order valence-electron chi connectivity index (χ1n) is 13.7. The van der Waals surface area contributed by atoms with Crippen LogP contribution in [-0.2, 0) is 29.1 Å². The molecule has 1 aromatic heterocycles. The Hall–Kier alpha value is -3.19. The summed E-state index contributed by atoms with van der Waals surface area (Å²) in [6.45, 7) is 10.6. The molecule has 0 atom stereocenters. The Morgan fingerprint density at radius 2 is 1.70 bits per heavy atom. The van der Waals surface area contributed by atoms with E-state index in [1.54, 1.807) is 0 Å². The van der Waals surface area contributed by atoms with Crippen LogP contribution < -0.4 is 4.90 Å². The number of carbonyl (C=O) groups is 2. The maximum absolute atomic E-state index is 13.6. The maximum Gasteiger partial charge on any atom is 0.227 e. The number of amides is 2. The van der Waals surface area contributed by atoms with Crippen LogP contribution in [0.3, 0.4) is 0 Å². The van der Waals surface area contributed by atoms with Crippen molar-refractivity contribution >= 4 is 28.5 Å². The van der Waals surface area contributed by atoms with Gasteiger partial charge in [-0.15, -0.1) is 0 Å². The van der Waals surface area contributed by atoms with Gasteiger partial charge >= 0.3 is 0 Å². The Kier molecular flexibility index (Phi) is 8.98. The van der Waals surface area contributed by atoms with E-state index in [0.717, 1.165) is 54.2 Å². The molecular weight excluding hydrogens is 462 g/mol. The first-order chi connectivity index (χ1) is 17.9. The monoisotopic (exact) mass is 503 g/mol. The fourth-order valence-electron chi connectivity index (χ4n) is 5.19. The number of rotatable bonds is 6. The van der Waals surface area contributed by atoms with Gasteiger partial charge in [0, 0.05) is 57.7 Å². The number of nitrogens with zero attached hydrogens (tertiary/aromatic N) is 5. The van der Waals surface area contributed by atoms with Crippen LogP contribution in [0.2, 0.25) is 0 Å². The van der Waals surface area contributed by atoms with Gasteiger partial charge in [-0.25, -0.2) is 4.98 Å². The number of hydrogen-bond acceptors (Lipinski definition) is 4. The predicted octanol–water partition coefficient (Wildman–Crippen LogP) is 4.73. The second-order valence-corrected chi connectivity index (χ2v) is 10.5. The van der Waals surface area contributed by atoms with Crippen LogP contribution in [0.15, 0.2) is 48.5 Å². The second kappa shape index (κ2) is 12.4. The number of likely N-dealkylation sites (N-methyl/N-ethyl adjacent to an activating group) is 1. The summed E-state index contributed by atoms with van der Waals surface area (Å²) in [6.07, 6.45) is 2.43. The van der Waals surface area contributed by atoms with Gasteiger partial charge in [0.15, 0.2) is 0 Å². The van der Waals surface area contributed by atoms with Gasteiger partial charge in [0.05, 0.1) is 11.0 Å². The SMILES string of the molecule is CCn1c(CCC(=O)N2CCN(C)CCCN(C(=O)CC(C)C)c3ccccc3C2)nc2ccccc21. The molecule has 0 saturated carbocycles. The molecule has 198 valence electrons. The van der Waals surface area contributed by atoms with Crippen LogP contribution in [0.1, 0.15) is 51.4 Å². The van der Waals surface area contributed by atoms with E-state index in [1.807, 2.05) is 46.2 Å². The zero-order valence-electron chi connectivity index (χ0n) is 22.8. The van der Waals surface area contributed by atoms with Gasteiger partial charge in [-0.3, -0.25) is 9.59 Å². The van der Waals surface area contributed by atoms with E-state index < -0.39 is 0 Å². The van der Waals surface area contributed by atoms with Crippen molar-refractivity contribution in [3.05, 3.63) is 59.9 Å². The van der Waals surface area contributed by atoms with Crippen molar-refractivity contribution in [3.8, 4) is 0 Å². The molecule has 7 heteroatoms. The highest BCUT2D eigenvalue weighted by molar-refractivity contribution is 5.94. The van der Waals surface area contributed by atoms with Gasteiger partial charge < -0.3 is 19.3 Å². The number of carbonyl (C=O) groups excluding carboxylic acids is 2. The van der Waals surface area contributed by atoms with E-state index >= 15 is 0 Å². The third-order valence-corrected chi connectivity index (χ3v) is 7.17. The number of para-hydroxylation sites is 3. The molecule has 7 nitrogen and oxygen atoms in total. The Labute approximate surface area is 221 Å². The van der Waals surface area contributed by atoms with Crippen molar-refractivity contribution in [2.75, 3.05) is 38.1 Å². The Bertz CT molecular complexity index is 1220. The van der Waals surface area contributed by atoms with Crippen LogP contribution >= 0.6 is 0 Å². The molecule has 0 N–H and O–H groups in total. The van der Waals surface area contributed by atoms with Gasteiger partial charge in [-0.05, 0) is 56.6 Å². The lowest BCUT2D eigenvalue weighted by molar-refractivity contribution is -0.132. The van der Waals surface area contributed by atoms with Crippen molar-refractivity contribution in [2.24, 2.45) is 5.92 Å². The lowest BCUT2D eigenvalue weighted by Crippen LogP contribution is -2.37. The lowest BCUT2D eigenvalue weighted by atomic mass is 10.1. The summed E-state index contributed by atoms with van der Waals surface area (Å²) in [6, 6.07) is 16.2. The minimum atomic E-state index is 0.122. The predicted molar refractivity (Wildman–Crippen MR) is 150 cm³/mol. The second-order valence-electron chi connectivity index (χ2n) is 10.5. The zero-order valence-corrected chi connectivity index (χ0v) is 22.8. The summed E-state index contributed by atoms with van der Waals surface area (Å²) in [5.74, 6) is 1.53. The average molecular weight is 504 g/mol. The number of anilines is 1. The quantitative estimate of drug-likeness (QED) is 0.488. The standard InChI is InChI=1S/C30H41N5O2/c1-5-34-27-14-9-7-12-25(27)31-28(34)15-16-29(36)33-20-19-32(4)17-10-18-35(30(37)21-23(2)3)26-13-8-6-11-24(26)22-33/h6-9,11-14,23H,5,10,15-22H2,1-4H3. The van der Waals surface area contributed by atoms with Crippen molar-refractivity contribution < 1.29 is 9.59 Å². The van der Waals surface area contributed by atoms with Gasteiger partial charge in [-0.2, -0.15) is 0 Å². The minimum Gasteiger partial charge on any atom is -0.337 e. The molecule has 0 saturated heterocycles.